The minimum atomic E-state index is -0.925. The Hall–Kier alpha value is -2.21. The van der Waals surface area contributed by atoms with E-state index in [1.807, 2.05) is 30.3 Å². The molecule has 1 aliphatic rings. The van der Waals surface area contributed by atoms with Gasteiger partial charge >= 0.3 is 5.70 Å². The largest absolute Gasteiger partial charge is 0.341 e. The van der Waals surface area contributed by atoms with E-state index < -0.39 is 11.1 Å². The molecule has 1 unspecified atom stereocenters. The van der Waals surface area contributed by atoms with Crippen LogP contribution in [0.4, 0.5) is 0 Å². The van der Waals surface area contributed by atoms with Gasteiger partial charge in [-0.2, -0.15) is 0 Å². The van der Waals surface area contributed by atoms with Gasteiger partial charge in [0.1, 0.15) is 5.84 Å². The van der Waals surface area contributed by atoms with E-state index in [1.165, 1.54) is 6.20 Å². The van der Waals surface area contributed by atoms with Crippen molar-refractivity contribution in [2.45, 2.75) is 6.17 Å². The number of amidine groups is 1. The lowest BCUT2D eigenvalue weighted by Crippen LogP contribution is -2.35. The minimum absolute atomic E-state index is 0.139. The molecule has 1 aliphatic heterocycles. The molecule has 0 aromatic heterocycles. The van der Waals surface area contributed by atoms with Crippen LogP contribution < -0.4 is 11.1 Å². The minimum Gasteiger partial charge on any atom is -0.341 e. The lowest BCUT2D eigenvalue weighted by atomic mass is 10.2. The molecule has 1 aromatic carbocycles. The normalized spacial score (nSPS) is 19.4. The standard InChI is InChI=1S/C10H10N4O2/c11-9-8(14(15)16)6-12-10(13-9)7-4-2-1-3-5-7/h1-6,9H,11H2,(H,12,13). The van der Waals surface area contributed by atoms with E-state index in [2.05, 4.69) is 10.3 Å². The predicted octanol–water partition coefficient (Wildman–Crippen LogP) is 0.439. The zero-order valence-corrected chi connectivity index (χ0v) is 8.33. The SMILES string of the molecule is NC1N=C(c2ccccc2)NC=C1[N+](=O)[O-]. The molecule has 0 amide bonds. The number of hydrogen-bond donors (Lipinski definition) is 2. The van der Waals surface area contributed by atoms with Gasteiger partial charge in [0.05, 0.1) is 11.1 Å². The second-order valence-electron chi connectivity index (χ2n) is 3.26. The van der Waals surface area contributed by atoms with Crippen LogP contribution in [0.3, 0.4) is 0 Å². The average Bonchev–Trinajstić information content (AvgIpc) is 2.29. The first kappa shape index (κ1) is 10.3. The van der Waals surface area contributed by atoms with Crippen molar-refractivity contribution in [1.29, 1.82) is 0 Å². The van der Waals surface area contributed by atoms with Gasteiger partial charge < -0.3 is 11.1 Å². The number of aliphatic imine (C=N–C) groups is 1. The molecule has 0 aliphatic carbocycles. The Kier molecular flexibility index (Phi) is 2.65. The van der Waals surface area contributed by atoms with Crippen molar-refractivity contribution in [1.82, 2.24) is 5.32 Å². The fraction of sp³-hybridized carbons (Fsp3) is 0.100. The molecular formula is C10H10N4O2. The number of benzene rings is 1. The highest BCUT2D eigenvalue weighted by atomic mass is 16.6. The van der Waals surface area contributed by atoms with Gasteiger partial charge in [0.2, 0.25) is 0 Å². The van der Waals surface area contributed by atoms with Crippen LogP contribution in [-0.4, -0.2) is 16.9 Å². The first-order valence-corrected chi connectivity index (χ1v) is 4.68. The van der Waals surface area contributed by atoms with Crippen LogP contribution in [0.1, 0.15) is 5.56 Å². The molecule has 1 atom stereocenters. The van der Waals surface area contributed by atoms with Gasteiger partial charge in [-0.1, -0.05) is 30.3 Å². The maximum absolute atomic E-state index is 10.6. The van der Waals surface area contributed by atoms with E-state index in [1.54, 1.807) is 0 Å². The van der Waals surface area contributed by atoms with Crippen molar-refractivity contribution in [3.8, 4) is 0 Å². The van der Waals surface area contributed by atoms with Crippen LogP contribution in [0.5, 0.6) is 0 Å². The van der Waals surface area contributed by atoms with Gasteiger partial charge in [-0.3, -0.25) is 10.1 Å². The van der Waals surface area contributed by atoms with Gasteiger partial charge in [-0.15, -0.1) is 0 Å². The van der Waals surface area contributed by atoms with E-state index in [4.69, 9.17) is 5.73 Å². The van der Waals surface area contributed by atoms with Crippen molar-refractivity contribution < 1.29 is 4.92 Å². The van der Waals surface area contributed by atoms with Crippen LogP contribution in [0, 0.1) is 10.1 Å². The fourth-order valence-electron chi connectivity index (χ4n) is 1.38. The molecule has 0 saturated carbocycles. The molecule has 0 saturated heterocycles. The lowest BCUT2D eigenvalue weighted by Gasteiger charge is -2.14. The summed E-state index contributed by atoms with van der Waals surface area (Å²) in [5.74, 6) is 0.540. The van der Waals surface area contributed by atoms with E-state index >= 15 is 0 Å². The first-order chi connectivity index (χ1) is 7.68. The molecule has 0 fully saturated rings. The van der Waals surface area contributed by atoms with Crippen LogP contribution in [-0.2, 0) is 0 Å². The Labute approximate surface area is 91.6 Å². The number of nitrogens with two attached hydrogens (primary N) is 1. The Morgan fingerprint density at radius 1 is 1.38 bits per heavy atom. The topological polar surface area (TPSA) is 93.5 Å². The summed E-state index contributed by atoms with van der Waals surface area (Å²) < 4.78 is 0. The molecule has 82 valence electrons. The highest BCUT2D eigenvalue weighted by molar-refractivity contribution is 6.00. The summed E-state index contributed by atoms with van der Waals surface area (Å²) in [4.78, 5) is 14.0. The van der Waals surface area contributed by atoms with Crippen LogP contribution >= 0.6 is 0 Å². The molecule has 0 bridgehead atoms. The third-order valence-corrected chi connectivity index (χ3v) is 2.19. The summed E-state index contributed by atoms with van der Waals surface area (Å²) in [6.45, 7) is 0. The Morgan fingerprint density at radius 2 is 2.06 bits per heavy atom. The fourth-order valence-corrected chi connectivity index (χ4v) is 1.38. The molecule has 3 N–H and O–H groups in total. The second kappa shape index (κ2) is 4.11. The van der Waals surface area contributed by atoms with Gasteiger partial charge in [0.15, 0.2) is 6.17 Å². The zero-order chi connectivity index (χ0) is 11.5. The molecule has 6 nitrogen and oxygen atoms in total. The summed E-state index contributed by atoms with van der Waals surface area (Å²) in [5, 5.41) is 13.3. The van der Waals surface area contributed by atoms with E-state index in [9.17, 15) is 10.1 Å². The molecule has 1 aromatic rings. The van der Waals surface area contributed by atoms with Crippen LogP contribution in [0.25, 0.3) is 0 Å². The van der Waals surface area contributed by atoms with Crippen molar-refractivity contribution in [3.05, 3.63) is 57.9 Å². The third-order valence-electron chi connectivity index (χ3n) is 2.19. The smallest absolute Gasteiger partial charge is 0.300 e. The maximum atomic E-state index is 10.6. The third kappa shape index (κ3) is 1.91. The van der Waals surface area contributed by atoms with Crippen LogP contribution in [0.15, 0.2) is 47.2 Å². The highest BCUT2D eigenvalue weighted by Gasteiger charge is 2.24. The number of nitrogens with zero attached hydrogens (tertiary/aromatic N) is 2. The quantitative estimate of drug-likeness (QED) is 0.556. The van der Waals surface area contributed by atoms with Gasteiger partial charge in [0.25, 0.3) is 0 Å². The lowest BCUT2D eigenvalue weighted by molar-refractivity contribution is -0.430. The van der Waals surface area contributed by atoms with Crippen molar-refractivity contribution in [2.24, 2.45) is 10.7 Å². The molecule has 16 heavy (non-hydrogen) atoms. The highest BCUT2D eigenvalue weighted by Crippen LogP contribution is 2.09. The molecule has 1 heterocycles. The molecule has 6 heteroatoms. The molecule has 0 spiro atoms. The van der Waals surface area contributed by atoms with Gasteiger partial charge in [0, 0.05) is 5.56 Å². The van der Waals surface area contributed by atoms with E-state index in [0.717, 1.165) is 5.56 Å². The summed E-state index contributed by atoms with van der Waals surface area (Å²) >= 11 is 0. The zero-order valence-electron chi connectivity index (χ0n) is 8.33. The Bertz CT molecular complexity index is 467. The number of rotatable bonds is 2. The summed E-state index contributed by atoms with van der Waals surface area (Å²) in [5.41, 5.74) is 6.28. The van der Waals surface area contributed by atoms with Crippen molar-refractivity contribution >= 4 is 5.84 Å². The monoisotopic (exact) mass is 218 g/mol. The number of nitro groups is 1. The number of nitrogens with one attached hydrogen (secondary N) is 1. The van der Waals surface area contributed by atoms with Gasteiger partial charge in [-0.25, -0.2) is 4.99 Å². The summed E-state index contributed by atoms with van der Waals surface area (Å²) in [7, 11) is 0. The summed E-state index contributed by atoms with van der Waals surface area (Å²) in [6, 6.07) is 9.30. The maximum Gasteiger partial charge on any atom is 0.300 e. The summed E-state index contributed by atoms with van der Waals surface area (Å²) in [6.07, 6.45) is 0.353. The van der Waals surface area contributed by atoms with Crippen LogP contribution in [0.2, 0.25) is 0 Å². The average molecular weight is 218 g/mol. The van der Waals surface area contributed by atoms with Gasteiger partial charge in [-0.05, 0) is 0 Å². The van der Waals surface area contributed by atoms with E-state index in [0.29, 0.717) is 5.84 Å². The Morgan fingerprint density at radius 3 is 2.62 bits per heavy atom. The van der Waals surface area contributed by atoms with Crippen molar-refractivity contribution in [3.63, 3.8) is 0 Å². The Balaban J connectivity index is 2.24. The van der Waals surface area contributed by atoms with Crippen molar-refractivity contribution in [2.75, 3.05) is 0 Å². The molecular weight excluding hydrogens is 208 g/mol. The second-order valence-corrected chi connectivity index (χ2v) is 3.26. The number of hydrogen-bond acceptors (Lipinski definition) is 5. The predicted molar refractivity (Wildman–Crippen MR) is 59.2 cm³/mol. The van der Waals surface area contributed by atoms with E-state index in [-0.39, 0.29) is 5.70 Å². The first-order valence-electron chi connectivity index (χ1n) is 4.68. The molecule has 0 radical (unpaired) electrons. The molecule has 2 rings (SSSR count).